The fourth-order valence-corrected chi connectivity index (χ4v) is 2.64. The van der Waals surface area contributed by atoms with Gasteiger partial charge >= 0.3 is 0 Å². The van der Waals surface area contributed by atoms with E-state index < -0.39 is 0 Å². The lowest BCUT2D eigenvalue weighted by Gasteiger charge is -2.09. The first kappa shape index (κ1) is 15.8. The van der Waals surface area contributed by atoms with Crippen LogP contribution in [0, 0.1) is 11.3 Å². The van der Waals surface area contributed by atoms with Crippen LogP contribution in [0.1, 0.15) is 24.5 Å². The summed E-state index contributed by atoms with van der Waals surface area (Å²) in [5.74, 6) is 0.781. The van der Waals surface area contributed by atoms with Crippen LogP contribution in [0.15, 0.2) is 59.5 Å². The highest BCUT2D eigenvalue weighted by molar-refractivity contribution is 5.82. The molecule has 120 valence electrons. The van der Waals surface area contributed by atoms with E-state index in [4.69, 9.17) is 10.00 Å². The molecule has 0 aliphatic heterocycles. The summed E-state index contributed by atoms with van der Waals surface area (Å²) in [5, 5.41) is 10.5. The quantitative estimate of drug-likeness (QED) is 0.720. The van der Waals surface area contributed by atoms with Crippen molar-refractivity contribution in [2.45, 2.75) is 19.9 Å². The SMILES string of the molecule is CCCOc1ccc2c(=O)n(Cc3cccc(C#N)c3)ccc2c1. The minimum absolute atomic E-state index is 0.0445. The Bertz CT molecular complexity index is 967. The summed E-state index contributed by atoms with van der Waals surface area (Å²) in [6.45, 7) is 3.16. The van der Waals surface area contributed by atoms with E-state index in [0.29, 0.717) is 24.1 Å². The molecule has 1 heterocycles. The third-order valence-electron chi connectivity index (χ3n) is 3.83. The molecule has 4 heteroatoms. The zero-order chi connectivity index (χ0) is 16.9. The zero-order valence-electron chi connectivity index (χ0n) is 13.5. The number of hydrogen-bond donors (Lipinski definition) is 0. The first-order valence-corrected chi connectivity index (χ1v) is 7.96. The van der Waals surface area contributed by atoms with Crippen molar-refractivity contribution in [3.8, 4) is 11.8 Å². The summed E-state index contributed by atoms with van der Waals surface area (Å²) in [5.41, 5.74) is 1.48. The van der Waals surface area contributed by atoms with Gasteiger partial charge in [-0.15, -0.1) is 0 Å². The minimum Gasteiger partial charge on any atom is -0.494 e. The summed E-state index contributed by atoms with van der Waals surface area (Å²) >= 11 is 0. The molecular formula is C20H18N2O2. The topological polar surface area (TPSA) is 55.0 Å². The number of hydrogen-bond acceptors (Lipinski definition) is 3. The number of benzene rings is 2. The average Bonchev–Trinajstić information content (AvgIpc) is 2.62. The predicted octanol–water partition coefficient (Wildman–Crippen LogP) is 3.71. The number of rotatable bonds is 5. The van der Waals surface area contributed by atoms with Crippen molar-refractivity contribution in [1.29, 1.82) is 5.26 Å². The van der Waals surface area contributed by atoms with Crippen LogP contribution in [0.2, 0.25) is 0 Å². The lowest BCUT2D eigenvalue weighted by atomic mass is 10.1. The fraction of sp³-hybridized carbons (Fsp3) is 0.200. The van der Waals surface area contributed by atoms with Crippen molar-refractivity contribution >= 4 is 10.8 Å². The van der Waals surface area contributed by atoms with Gasteiger partial charge < -0.3 is 9.30 Å². The molecule has 0 radical (unpaired) electrons. The van der Waals surface area contributed by atoms with Crippen LogP contribution >= 0.6 is 0 Å². The van der Waals surface area contributed by atoms with Gasteiger partial charge in [0.15, 0.2) is 0 Å². The number of nitriles is 1. The van der Waals surface area contributed by atoms with Crippen LogP contribution in [0.25, 0.3) is 10.8 Å². The first-order chi connectivity index (χ1) is 11.7. The van der Waals surface area contributed by atoms with Crippen LogP contribution in [-0.4, -0.2) is 11.2 Å². The van der Waals surface area contributed by atoms with Crippen LogP contribution in [-0.2, 0) is 6.54 Å². The monoisotopic (exact) mass is 318 g/mol. The molecule has 0 bridgehead atoms. The Morgan fingerprint density at radius 2 is 2.04 bits per heavy atom. The zero-order valence-corrected chi connectivity index (χ0v) is 13.5. The van der Waals surface area contributed by atoms with E-state index in [-0.39, 0.29) is 5.56 Å². The molecule has 0 N–H and O–H groups in total. The molecule has 0 atom stereocenters. The molecule has 1 aromatic heterocycles. The number of pyridine rings is 1. The van der Waals surface area contributed by atoms with Crippen LogP contribution < -0.4 is 10.3 Å². The van der Waals surface area contributed by atoms with Gasteiger partial charge in [0.2, 0.25) is 0 Å². The Labute approximate surface area is 140 Å². The summed E-state index contributed by atoms with van der Waals surface area (Å²) in [4.78, 5) is 12.7. The maximum Gasteiger partial charge on any atom is 0.258 e. The van der Waals surface area contributed by atoms with Gasteiger partial charge in [-0.2, -0.15) is 5.26 Å². The largest absolute Gasteiger partial charge is 0.494 e. The Balaban J connectivity index is 1.94. The molecule has 2 aromatic carbocycles. The highest BCUT2D eigenvalue weighted by Gasteiger charge is 2.05. The maximum absolute atomic E-state index is 12.7. The smallest absolute Gasteiger partial charge is 0.258 e. The fourth-order valence-electron chi connectivity index (χ4n) is 2.64. The Morgan fingerprint density at radius 1 is 1.17 bits per heavy atom. The van der Waals surface area contributed by atoms with Crippen molar-refractivity contribution in [2.24, 2.45) is 0 Å². The highest BCUT2D eigenvalue weighted by Crippen LogP contribution is 2.19. The molecule has 4 nitrogen and oxygen atoms in total. The van der Waals surface area contributed by atoms with Gasteiger partial charge in [0.25, 0.3) is 5.56 Å². The van der Waals surface area contributed by atoms with E-state index in [2.05, 4.69) is 13.0 Å². The predicted molar refractivity (Wildman–Crippen MR) is 94.3 cm³/mol. The molecule has 0 saturated carbocycles. The van der Waals surface area contributed by atoms with Gasteiger partial charge in [-0.3, -0.25) is 4.79 Å². The molecule has 0 aliphatic carbocycles. The van der Waals surface area contributed by atoms with E-state index in [1.807, 2.05) is 36.4 Å². The standard InChI is InChI=1S/C20H18N2O2/c1-2-10-24-18-6-7-19-17(12-18)8-9-22(20(19)23)14-16-5-3-4-15(11-16)13-21/h3-9,11-12H,2,10,14H2,1H3. The average molecular weight is 318 g/mol. The van der Waals surface area contributed by atoms with Crippen molar-refractivity contribution in [3.63, 3.8) is 0 Å². The second-order valence-corrected chi connectivity index (χ2v) is 5.66. The Morgan fingerprint density at radius 3 is 2.83 bits per heavy atom. The van der Waals surface area contributed by atoms with E-state index in [0.717, 1.165) is 23.1 Å². The normalized spacial score (nSPS) is 10.5. The van der Waals surface area contributed by atoms with Gasteiger partial charge in [-0.1, -0.05) is 19.1 Å². The number of ether oxygens (including phenoxy) is 1. The number of nitrogens with zero attached hydrogens (tertiary/aromatic N) is 2. The maximum atomic E-state index is 12.7. The summed E-state index contributed by atoms with van der Waals surface area (Å²) in [6, 6.07) is 16.9. The van der Waals surface area contributed by atoms with E-state index >= 15 is 0 Å². The van der Waals surface area contributed by atoms with Crippen LogP contribution in [0.3, 0.4) is 0 Å². The van der Waals surface area contributed by atoms with E-state index in [1.165, 1.54) is 0 Å². The molecular weight excluding hydrogens is 300 g/mol. The molecule has 0 spiro atoms. The van der Waals surface area contributed by atoms with Gasteiger partial charge in [0, 0.05) is 11.6 Å². The second kappa shape index (κ2) is 7.01. The third-order valence-corrected chi connectivity index (χ3v) is 3.83. The molecule has 24 heavy (non-hydrogen) atoms. The Kier molecular flexibility index (Phi) is 4.62. The lowest BCUT2D eigenvalue weighted by molar-refractivity contribution is 0.318. The van der Waals surface area contributed by atoms with Crippen molar-refractivity contribution in [1.82, 2.24) is 4.57 Å². The molecule has 3 rings (SSSR count). The lowest BCUT2D eigenvalue weighted by Crippen LogP contribution is -2.20. The van der Waals surface area contributed by atoms with Crippen molar-refractivity contribution < 1.29 is 4.74 Å². The van der Waals surface area contributed by atoms with Gasteiger partial charge in [0.05, 0.1) is 24.8 Å². The minimum atomic E-state index is -0.0445. The first-order valence-electron chi connectivity index (χ1n) is 7.96. The van der Waals surface area contributed by atoms with E-state index in [1.54, 1.807) is 22.9 Å². The molecule has 3 aromatic rings. The number of fused-ring (bicyclic) bond motifs is 1. The third kappa shape index (κ3) is 3.31. The van der Waals surface area contributed by atoms with Gasteiger partial charge in [0.1, 0.15) is 5.75 Å². The number of aromatic nitrogens is 1. The molecule has 0 fully saturated rings. The van der Waals surface area contributed by atoms with E-state index in [9.17, 15) is 4.79 Å². The summed E-state index contributed by atoms with van der Waals surface area (Å²) < 4.78 is 7.27. The summed E-state index contributed by atoms with van der Waals surface area (Å²) in [6.07, 6.45) is 2.73. The van der Waals surface area contributed by atoms with Crippen LogP contribution in [0.5, 0.6) is 5.75 Å². The molecule has 0 unspecified atom stereocenters. The van der Waals surface area contributed by atoms with Gasteiger partial charge in [-0.05, 0) is 53.8 Å². The van der Waals surface area contributed by atoms with Crippen LogP contribution in [0.4, 0.5) is 0 Å². The summed E-state index contributed by atoms with van der Waals surface area (Å²) in [7, 11) is 0. The second-order valence-electron chi connectivity index (χ2n) is 5.66. The van der Waals surface area contributed by atoms with Crippen molar-refractivity contribution in [3.05, 3.63) is 76.2 Å². The highest BCUT2D eigenvalue weighted by atomic mass is 16.5. The van der Waals surface area contributed by atoms with Crippen molar-refractivity contribution in [2.75, 3.05) is 6.61 Å². The van der Waals surface area contributed by atoms with Gasteiger partial charge in [-0.25, -0.2) is 0 Å². The molecule has 0 amide bonds. The Hall–Kier alpha value is -3.06. The molecule has 0 saturated heterocycles. The molecule has 0 aliphatic rings.